The number of benzene rings is 1. The summed E-state index contributed by atoms with van der Waals surface area (Å²) < 4.78 is 48.7. The summed E-state index contributed by atoms with van der Waals surface area (Å²) in [6.45, 7) is 15.8. The fourth-order valence-corrected chi connectivity index (χ4v) is 7.98. The maximum Gasteiger partial charge on any atom is 0.339 e. The van der Waals surface area contributed by atoms with Crippen molar-refractivity contribution in [2.75, 3.05) is 13.7 Å². The zero-order chi connectivity index (χ0) is 39.4. The first-order valence-electron chi connectivity index (χ1n) is 18.9. The molecule has 6 rings (SSSR count). The zero-order valence-electron chi connectivity index (χ0n) is 32.7. The number of esters is 5. The molecule has 1 aromatic rings. The fourth-order valence-electron chi connectivity index (χ4n) is 7.98. The highest BCUT2D eigenvalue weighted by molar-refractivity contribution is 5.80. The monoisotopic (exact) mass is 755 g/mol. The number of ether oxygens (including phenoxy) is 8. The fraction of sp³-hybridized carbons (Fsp3) is 0.675. The molecular formula is C40H53NO13. The van der Waals surface area contributed by atoms with Gasteiger partial charge in [0.1, 0.15) is 12.2 Å². The number of carbonyl (C=O) groups is 5. The van der Waals surface area contributed by atoms with Gasteiger partial charge >= 0.3 is 29.8 Å². The molecule has 54 heavy (non-hydrogen) atoms. The summed E-state index contributed by atoms with van der Waals surface area (Å²) in [5.74, 6) is -4.49. The number of rotatable bonds is 10. The van der Waals surface area contributed by atoms with E-state index >= 15 is 0 Å². The summed E-state index contributed by atoms with van der Waals surface area (Å²) in [6.07, 6.45) is -3.91. The van der Waals surface area contributed by atoms with E-state index in [2.05, 4.69) is 11.4 Å². The number of nitrogens with one attached hydrogen (secondary N) is 1. The van der Waals surface area contributed by atoms with Crippen LogP contribution in [0.15, 0.2) is 24.3 Å². The maximum atomic E-state index is 13.4. The molecule has 0 saturated carbocycles. The van der Waals surface area contributed by atoms with Gasteiger partial charge in [-0.2, -0.15) is 0 Å². The highest BCUT2D eigenvalue weighted by Crippen LogP contribution is 2.62. The molecule has 0 aromatic heterocycles. The Labute approximate surface area is 315 Å². The minimum Gasteiger partial charge on any atom is -0.482 e. The third-order valence-corrected chi connectivity index (χ3v) is 10.9. The average Bonchev–Trinajstić information content (AvgIpc) is 3.45. The summed E-state index contributed by atoms with van der Waals surface area (Å²) in [4.78, 5) is 66.1. The van der Waals surface area contributed by atoms with Crippen LogP contribution >= 0.6 is 0 Å². The van der Waals surface area contributed by atoms with Crippen molar-refractivity contribution in [3.63, 3.8) is 0 Å². The van der Waals surface area contributed by atoms with E-state index in [4.69, 9.17) is 37.9 Å². The average molecular weight is 756 g/mol. The second-order valence-electron chi connectivity index (χ2n) is 16.8. The summed E-state index contributed by atoms with van der Waals surface area (Å²) in [5, 5.41) is 3.66. The maximum absolute atomic E-state index is 13.4. The Morgan fingerprint density at radius 1 is 0.852 bits per heavy atom. The zero-order valence-corrected chi connectivity index (χ0v) is 32.7. The standard InChI is InChI=1S/C40H53NO13/c1-18(2)33(42)51-28-29(52-34(43)19(3)4)31(53-35(44)20(5)6)37(54-30(28)36(45)47-10)48-25-14-12-22-23-17-21-11-13-24(49-38(46)39(7,8)9)27-26(21)40(22,15-16-41-23)32(25)50-27/h11-14,18-20,22-23,25,28-32,37,41H,15-17H2,1-10H3/t22-,23+,25-,28-,29-,30-,31+,32-,37+,40-/m0/s1. The van der Waals surface area contributed by atoms with Crippen molar-refractivity contribution in [2.45, 2.75) is 130 Å². The van der Waals surface area contributed by atoms with E-state index in [1.807, 2.05) is 12.1 Å². The number of hydrogen-bond donors (Lipinski definition) is 1. The quantitative estimate of drug-likeness (QED) is 0.159. The lowest BCUT2D eigenvalue weighted by Gasteiger charge is -2.54. The van der Waals surface area contributed by atoms with Gasteiger partial charge in [-0.25, -0.2) is 4.79 Å². The molecule has 296 valence electrons. The molecule has 1 aromatic carbocycles. The Kier molecular flexibility index (Phi) is 11.0. The van der Waals surface area contributed by atoms with Gasteiger partial charge < -0.3 is 43.2 Å². The van der Waals surface area contributed by atoms with Crippen LogP contribution in [0.2, 0.25) is 0 Å². The molecule has 2 aliphatic carbocycles. The highest BCUT2D eigenvalue weighted by atomic mass is 16.7. The highest BCUT2D eigenvalue weighted by Gasteiger charge is 2.65. The molecule has 10 atom stereocenters. The van der Waals surface area contributed by atoms with Gasteiger partial charge in [-0.15, -0.1) is 0 Å². The molecule has 1 N–H and O–H groups in total. The molecule has 14 nitrogen and oxygen atoms in total. The number of piperidine rings is 1. The molecule has 1 spiro atoms. The van der Waals surface area contributed by atoms with E-state index in [1.165, 1.54) is 0 Å². The Morgan fingerprint density at radius 2 is 1.46 bits per heavy atom. The SMILES string of the molecule is COC(=O)[C@H]1O[C@@H](O[C@H]2C=C[C@H]3[C@H]4Cc5ccc(OC(=O)C(C)(C)C)c6c5[C@@]3(CCN4)[C@H]2O6)[C@H](OC(=O)C(C)C)[C@@H](OC(=O)C(C)C)[C@@H]1OC(=O)C(C)C. The van der Waals surface area contributed by atoms with Crippen LogP contribution in [-0.2, 0) is 64.2 Å². The van der Waals surface area contributed by atoms with Crippen molar-refractivity contribution in [3.8, 4) is 11.5 Å². The van der Waals surface area contributed by atoms with Crippen LogP contribution in [-0.4, -0.2) is 92.5 Å². The molecule has 14 heteroatoms. The first kappa shape index (κ1) is 39.7. The predicted octanol–water partition coefficient (Wildman–Crippen LogP) is 3.73. The molecule has 0 radical (unpaired) electrons. The molecular weight excluding hydrogens is 702 g/mol. The largest absolute Gasteiger partial charge is 0.482 e. The van der Waals surface area contributed by atoms with Crippen molar-refractivity contribution in [3.05, 3.63) is 35.4 Å². The Hall–Kier alpha value is -4.01. The van der Waals surface area contributed by atoms with Crippen LogP contribution in [0.5, 0.6) is 11.5 Å². The van der Waals surface area contributed by atoms with Crippen molar-refractivity contribution in [1.82, 2.24) is 5.32 Å². The summed E-state index contributed by atoms with van der Waals surface area (Å²) >= 11 is 0. The van der Waals surface area contributed by atoms with Gasteiger partial charge in [0.25, 0.3) is 0 Å². The van der Waals surface area contributed by atoms with Gasteiger partial charge in [0.2, 0.25) is 6.29 Å². The third-order valence-electron chi connectivity index (χ3n) is 10.9. The smallest absolute Gasteiger partial charge is 0.339 e. The number of hydrogen-bond acceptors (Lipinski definition) is 14. The molecule has 5 aliphatic rings. The van der Waals surface area contributed by atoms with Gasteiger partial charge in [0.05, 0.1) is 30.3 Å². The van der Waals surface area contributed by atoms with E-state index in [1.54, 1.807) is 68.4 Å². The minimum atomic E-state index is -1.63. The first-order valence-corrected chi connectivity index (χ1v) is 18.9. The van der Waals surface area contributed by atoms with Crippen LogP contribution in [0.1, 0.15) is 79.9 Å². The van der Waals surface area contributed by atoms with Gasteiger partial charge in [0, 0.05) is 22.9 Å². The molecule has 2 fully saturated rings. The molecule has 3 heterocycles. The summed E-state index contributed by atoms with van der Waals surface area (Å²) in [7, 11) is 1.15. The van der Waals surface area contributed by atoms with E-state index in [9.17, 15) is 24.0 Å². The lowest BCUT2D eigenvalue weighted by atomic mass is 9.53. The Bertz CT molecular complexity index is 1690. The van der Waals surface area contributed by atoms with E-state index in [0.29, 0.717) is 24.5 Å². The molecule has 0 unspecified atom stereocenters. The van der Waals surface area contributed by atoms with Crippen molar-refractivity contribution >= 4 is 29.8 Å². The van der Waals surface area contributed by atoms with Crippen LogP contribution in [0.4, 0.5) is 0 Å². The van der Waals surface area contributed by atoms with Crippen molar-refractivity contribution in [1.29, 1.82) is 0 Å². The minimum absolute atomic E-state index is 0.00245. The molecule has 3 aliphatic heterocycles. The molecule has 0 amide bonds. The lowest BCUT2D eigenvalue weighted by molar-refractivity contribution is -0.314. The lowest BCUT2D eigenvalue weighted by Crippen LogP contribution is -2.67. The van der Waals surface area contributed by atoms with E-state index in [-0.39, 0.29) is 12.0 Å². The Morgan fingerprint density at radius 3 is 2.06 bits per heavy atom. The van der Waals surface area contributed by atoms with Crippen LogP contribution in [0.3, 0.4) is 0 Å². The van der Waals surface area contributed by atoms with Crippen molar-refractivity contribution in [2.24, 2.45) is 29.1 Å². The van der Waals surface area contributed by atoms with Crippen LogP contribution < -0.4 is 14.8 Å². The van der Waals surface area contributed by atoms with Gasteiger partial charge in [-0.1, -0.05) is 59.8 Å². The van der Waals surface area contributed by atoms with Crippen molar-refractivity contribution < 1.29 is 61.9 Å². The van der Waals surface area contributed by atoms with Crippen LogP contribution in [0.25, 0.3) is 0 Å². The van der Waals surface area contributed by atoms with Gasteiger partial charge in [-0.3, -0.25) is 19.2 Å². The van der Waals surface area contributed by atoms with Gasteiger partial charge in [0.15, 0.2) is 35.9 Å². The predicted molar refractivity (Wildman–Crippen MR) is 190 cm³/mol. The first-order chi connectivity index (χ1) is 25.4. The normalized spacial score (nSPS) is 32.1. The van der Waals surface area contributed by atoms with E-state index in [0.717, 1.165) is 24.7 Å². The second kappa shape index (κ2) is 14.9. The van der Waals surface area contributed by atoms with E-state index < -0.39 is 101 Å². The Balaban J connectivity index is 1.43. The summed E-state index contributed by atoms with van der Waals surface area (Å²) in [6, 6.07) is 3.86. The third kappa shape index (κ3) is 7.01. The molecule has 2 bridgehead atoms. The summed E-state index contributed by atoms with van der Waals surface area (Å²) in [5.41, 5.74) is 0.679. The topological polar surface area (TPSA) is 171 Å². The van der Waals surface area contributed by atoms with Gasteiger partial charge in [-0.05, 0) is 51.8 Å². The van der Waals surface area contributed by atoms with Crippen LogP contribution in [0, 0.1) is 29.1 Å². The molecule has 2 saturated heterocycles. The number of methoxy groups -OCH3 is 1. The second-order valence-corrected chi connectivity index (χ2v) is 16.8. The number of carbonyl (C=O) groups excluding carboxylic acids is 5.